The first kappa shape index (κ1) is 82.1. The largest absolute Gasteiger partial charge is 0.310 e. The first-order valence-electron chi connectivity index (χ1n) is 47.8. The first-order chi connectivity index (χ1) is 68.4. The maximum Gasteiger partial charge on any atom is 0.0713 e. The molecule has 2 heteroatoms. The van der Waals surface area contributed by atoms with Crippen LogP contribution < -0.4 is 9.80 Å². The molecule has 2 aliphatic rings. The fourth-order valence-corrected chi connectivity index (χ4v) is 22.5. The van der Waals surface area contributed by atoms with E-state index in [1.165, 1.54) is 127 Å². The SMILES string of the molecule is c1ccc(-c2ccccc2-c2ccc(N(c3ccc(-c4ccc5c(c4)C(c4ccccc4)(c4ccccc4)c4cc(-c6ccc7c(-c8cccc(-c9cccc(N(c%10ccc(-c%11ccc%12c(c%11)C(c%11ccccc%11)(c%11ccccc%11)c%11ccccc%11-%12)cc%10)c%10ccccc%10-c%10ccccc%10)c9)c8)cccc7c6)ccc4-5)cc3)c3cccc(-c4cccc(-c5cccc6ccccc56)c4)c3)cc2)cc1. The molecule has 0 amide bonds. The van der Waals surface area contributed by atoms with Crippen molar-refractivity contribution in [1.82, 2.24) is 0 Å². The summed E-state index contributed by atoms with van der Waals surface area (Å²) < 4.78 is 0. The Morgan fingerprint density at radius 1 is 0.123 bits per heavy atom. The van der Waals surface area contributed by atoms with Crippen LogP contribution in [0.3, 0.4) is 0 Å². The molecule has 0 saturated carbocycles. The van der Waals surface area contributed by atoms with E-state index in [0.717, 1.165) is 106 Å². The van der Waals surface area contributed by atoms with Crippen LogP contribution in [-0.4, -0.2) is 0 Å². The van der Waals surface area contributed by atoms with Crippen LogP contribution in [0.4, 0.5) is 34.1 Å². The van der Waals surface area contributed by atoms with Gasteiger partial charge in [-0.15, -0.1) is 0 Å². The highest BCUT2D eigenvalue weighted by molar-refractivity contribution is 6.02. The van der Waals surface area contributed by atoms with Crippen LogP contribution >= 0.6 is 0 Å². The van der Waals surface area contributed by atoms with Gasteiger partial charge in [0.2, 0.25) is 0 Å². The first-order valence-corrected chi connectivity index (χ1v) is 47.8. The van der Waals surface area contributed by atoms with Gasteiger partial charge in [0.15, 0.2) is 0 Å². The predicted octanol–water partition coefficient (Wildman–Crippen LogP) is 36.3. The van der Waals surface area contributed by atoms with Crippen molar-refractivity contribution in [3.8, 4) is 134 Å². The van der Waals surface area contributed by atoms with Crippen LogP contribution in [-0.2, 0) is 10.8 Å². The molecule has 0 atom stereocenters. The molecule has 0 heterocycles. The molecule has 0 aliphatic heterocycles. The Hall–Kier alpha value is -17.8. The third-order valence-corrected chi connectivity index (χ3v) is 28.8. The summed E-state index contributed by atoms with van der Waals surface area (Å²) in [6, 6.07) is 207. The second-order valence-electron chi connectivity index (χ2n) is 36.4. The summed E-state index contributed by atoms with van der Waals surface area (Å²) in [6.07, 6.45) is 0. The summed E-state index contributed by atoms with van der Waals surface area (Å²) in [5.74, 6) is 0. The highest BCUT2D eigenvalue weighted by Gasteiger charge is 2.48. The van der Waals surface area contributed by atoms with Gasteiger partial charge in [-0.3, -0.25) is 0 Å². The third-order valence-electron chi connectivity index (χ3n) is 28.8. The standard InChI is InChI=1S/C136H92N2/c1-7-33-95(34-8-1)119-57-21-22-58-121(119)98-69-79-115(80-70-98)137(117-54-29-41-101(88-117)99-39-27-43-107(85-99)122-61-31-38-96-37-19-20-56-120(96)122)114-75-65-93(66-76-114)105-73-83-128-129-84-74-106(92-133(129)136(132(128)91-105,112-50-15-5-16-51-112)113-52-17-6-18-53-113)103-71-81-124-109(87-103)45-32-62-123(124)108-44-28-40-100(86-108)102-42-30-55-118(89-102)138(134-64-26-24-59-125(134)97-35-9-2-10-36-97)116-77-67-94(68-78-116)104-72-82-127-126-60-23-25-63-130(126)135(131(127)90-104,110-46-11-3-12-47-110)111-48-13-4-14-49-111/h1-92H. The number of para-hydroxylation sites is 1. The summed E-state index contributed by atoms with van der Waals surface area (Å²) in [7, 11) is 0. The zero-order valence-corrected chi connectivity index (χ0v) is 76.0. The number of anilines is 6. The van der Waals surface area contributed by atoms with Gasteiger partial charge >= 0.3 is 0 Å². The van der Waals surface area contributed by atoms with E-state index in [1.54, 1.807) is 0 Å². The molecule has 23 aromatic rings. The average molecular weight is 1750 g/mol. The highest BCUT2D eigenvalue weighted by Crippen LogP contribution is 2.60. The van der Waals surface area contributed by atoms with E-state index in [-0.39, 0.29) is 0 Å². The van der Waals surface area contributed by atoms with Crippen molar-refractivity contribution in [3.63, 3.8) is 0 Å². The van der Waals surface area contributed by atoms with Crippen molar-refractivity contribution < 1.29 is 0 Å². The molecule has 0 N–H and O–H groups in total. The van der Waals surface area contributed by atoms with E-state index >= 15 is 0 Å². The maximum absolute atomic E-state index is 2.50. The number of hydrogen-bond acceptors (Lipinski definition) is 2. The van der Waals surface area contributed by atoms with E-state index in [0.29, 0.717) is 0 Å². The van der Waals surface area contributed by atoms with Crippen molar-refractivity contribution in [3.05, 3.63) is 603 Å². The van der Waals surface area contributed by atoms with E-state index in [2.05, 4.69) is 568 Å². The van der Waals surface area contributed by atoms with Gasteiger partial charge in [0.25, 0.3) is 0 Å². The van der Waals surface area contributed by atoms with Crippen LogP contribution in [0.2, 0.25) is 0 Å². The van der Waals surface area contributed by atoms with Crippen LogP contribution in [0, 0.1) is 0 Å². The van der Waals surface area contributed by atoms with E-state index < -0.39 is 10.8 Å². The summed E-state index contributed by atoms with van der Waals surface area (Å²) in [5, 5.41) is 4.85. The Kier molecular flexibility index (Phi) is 20.8. The second kappa shape index (κ2) is 35.0. The molecule has 23 aromatic carbocycles. The quantitative estimate of drug-likeness (QED) is 0.0750. The Balaban J connectivity index is 0.540. The fraction of sp³-hybridized carbons (Fsp3) is 0.0147. The van der Waals surface area contributed by atoms with Gasteiger partial charge in [-0.1, -0.05) is 455 Å². The Labute approximate surface area is 806 Å². The number of hydrogen-bond donors (Lipinski definition) is 0. The molecule has 0 unspecified atom stereocenters. The Bertz CT molecular complexity index is 8440. The van der Waals surface area contributed by atoms with Crippen LogP contribution in [0.1, 0.15) is 44.5 Å². The molecule has 0 radical (unpaired) electrons. The monoisotopic (exact) mass is 1750 g/mol. The van der Waals surface area contributed by atoms with Gasteiger partial charge in [0.05, 0.1) is 16.5 Å². The third kappa shape index (κ3) is 14.4. The van der Waals surface area contributed by atoms with Crippen molar-refractivity contribution in [2.24, 2.45) is 0 Å². The van der Waals surface area contributed by atoms with E-state index in [4.69, 9.17) is 0 Å². The molecule has 2 aliphatic carbocycles. The number of rotatable bonds is 20. The lowest BCUT2D eigenvalue weighted by Gasteiger charge is -2.34. The second-order valence-corrected chi connectivity index (χ2v) is 36.4. The van der Waals surface area contributed by atoms with Gasteiger partial charge in [0, 0.05) is 34.0 Å². The topological polar surface area (TPSA) is 6.48 Å². The number of benzene rings is 23. The van der Waals surface area contributed by atoms with Gasteiger partial charge in [-0.05, 0) is 297 Å². The van der Waals surface area contributed by atoms with E-state index in [9.17, 15) is 0 Å². The van der Waals surface area contributed by atoms with E-state index in [1.807, 2.05) is 0 Å². The van der Waals surface area contributed by atoms with Crippen LogP contribution in [0.5, 0.6) is 0 Å². The molecule has 138 heavy (non-hydrogen) atoms. The smallest absolute Gasteiger partial charge is 0.0713 e. The molecule has 25 rings (SSSR count). The normalized spacial score (nSPS) is 12.5. The molecule has 0 aromatic heterocycles. The average Bonchev–Trinajstić information content (AvgIpc) is 1.54. The molecular weight excluding hydrogens is 1660 g/mol. The van der Waals surface area contributed by atoms with Crippen LogP contribution in [0.25, 0.3) is 155 Å². The molecular formula is C136H92N2. The Morgan fingerprint density at radius 3 is 0.899 bits per heavy atom. The number of nitrogens with zero attached hydrogens (tertiary/aromatic N) is 2. The zero-order valence-electron chi connectivity index (χ0n) is 76.0. The lowest BCUT2D eigenvalue weighted by molar-refractivity contribution is 0.769. The van der Waals surface area contributed by atoms with Gasteiger partial charge < -0.3 is 9.80 Å². The van der Waals surface area contributed by atoms with Gasteiger partial charge in [0.1, 0.15) is 0 Å². The molecule has 0 fully saturated rings. The summed E-state index contributed by atoms with van der Waals surface area (Å²) in [5.41, 5.74) is 43.5. The molecule has 0 saturated heterocycles. The molecule has 2 nitrogen and oxygen atoms in total. The van der Waals surface area contributed by atoms with Gasteiger partial charge in [-0.2, -0.15) is 0 Å². The minimum atomic E-state index is -0.672. The van der Waals surface area contributed by atoms with Crippen molar-refractivity contribution in [1.29, 1.82) is 0 Å². The summed E-state index contributed by atoms with van der Waals surface area (Å²) in [6.45, 7) is 0. The van der Waals surface area contributed by atoms with Crippen molar-refractivity contribution >= 4 is 55.7 Å². The minimum Gasteiger partial charge on any atom is -0.310 e. The molecule has 646 valence electrons. The predicted molar refractivity (Wildman–Crippen MR) is 580 cm³/mol. The maximum atomic E-state index is 2.50. The summed E-state index contributed by atoms with van der Waals surface area (Å²) >= 11 is 0. The molecule has 0 bridgehead atoms. The lowest BCUT2D eigenvalue weighted by atomic mass is 9.67. The number of fused-ring (bicyclic) bond motifs is 8. The van der Waals surface area contributed by atoms with Crippen molar-refractivity contribution in [2.45, 2.75) is 10.8 Å². The Morgan fingerprint density at radius 2 is 0.406 bits per heavy atom. The summed E-state index contributed by atoms with van der Waals surface area (Å²) in [4.78, 5) is 4.85. The zero-order chi connectivity index (χ0) is 91.5. The molecule has 0 spiro atoms. The highest BCUT2D eigenvalue weighted by atomic mass is 15.1. The van der Waals surface area contributed by atoms with Gasteiger partial charge in [-0.25, -0.2) is 0 Å². The fourth-order valence-electron chi connectivity index (χ4n) is 22.5. The minimum absolute atomic E-state index is 0.503. The van der Waals surface area contributed by atoms with Crippen molar-refractivity contribution in [2.75, 3.05) is 9.80 Å². The van der Waals surface area contributed by atoms with Crippen LogP contribution in [0.15, 0.2) is 558 Å². The lowest BCUT2D eigenvalue weighted by Crippen LogP contribution is -2.28.